The zero-order valence-corrected chi connectivity index (χ0v) is 15.8. The van der Waals surface area contributed by atoms with E-state index in [2.05, 4.69) is 5.32 Å². The van der Waals surface area contributed by atoms with Crippen LogP contribution in [0.1, 0.15) is 43.5 Å². The molecule has 3 atom stereocenters. The summed E-state index contributed by atoms with van der Waals surface area (Å²) in [6, 6.07) is 6.39. The third-order valence-corrected chi connectivity index (χ3v) is 5.81. The zero-order valence-electron chi connectivity index (χ0n) is 15.0. The summed E-state index contributed by atoms with van der Waals surface area (Å²) in [7, 11) is 0. The van der Waals surface area contributed by atoms with Crippen molar-refractivity contribution in [2.24, 2.45) is 11.3 Å². The van der Waals surface area contributed by atoms with Gasteiger partial charge in [0.2, 0.25) is 5.91 Å². The average molecular weight is 381 g/mol. The Hall–Kier alpha value is -1.92. The van der Waals surface area contributed by atoms with E-state index in [1.807, 2.05) is 11.8 Å². The van der Waals surface area contributed by atoms with Gasteiger partial charge in [0.15, 0.2) is 5.78 Å². The van der Waals surface area contributed by atoms with Crippen LogP contribution in [0.4, 0.5) is 5.69 Å². The maximum Gasteiger partial charge on any atom is 0.311 e. The molecule has 2 aliphatic rings. The standard InChI is InChI=1S/C19H24N2O4.ClH/c1-12(17(23)20-16-7-5-14(6-8-16)13(2)22)21-10-15-4-3-9-19(15,11-21)18(24)25;/h5-8,12,15H,3-4,9-11H2,1-2H3,(H,20,23)(H,24,25);1H/t12?,15-,19+;/m0./s1. The summed E-state index contributed by atoms with van der Waals surface area (Å²) in [4.78, 5) is 37.6. The molecule has 1 saturated carbocycles. The molecule has 26 heavy (non-hydrogen) atoms. The second-order valence-electron chi connectivity index (χ2n) is 7.28. The van der Waals surface area contributed by atoms with Crippen molar-refractivity contribution in [3.05, 3.63) is 29.8 Å². The van der Waals surface area contributed by atoms with Crippen LogP contribution in [0.5, 0.6) is 0 Å². The molecule has 1 aliphatic heterocycles. The third kappa shape index (κ3) is 3.62. The van der Waals surface area contributed by atoms with Gasteiger partial charge < -0.3 is 10.4 Å². The molecular weight excluding hydrogens is 356 g/mol. The van der Waals surface area contributed by atoms with Gasteiger partial charge >= 0.3 is 5.97 Å². The number of benzene rings is 1. The molecule has 1 amide bonds. The number of likely N-dealkylation sites (tertiary alicyclic amines) is 1. The summed E-state index contributed by atoms with van der Waals surface area (Å²) >= 11 is 0. The van der Waals surface area contributed by atoms with Gasteiger partial charge in [0.1, 0.15) is 0 Å². The summed E-state index contributed by atoms with van der Waals surface area (Å²) in [6.07, 6.45) is 2.57. The first-order valence-corrected chi connectivity index (χ1v) is 8.73. The molecule has 2 fully saturated rings. The minimum atomic E-state index is -0.732. The SMILES string of the molecule is CC(=O)c1ccc(NC(=O)C(C)N2C[C@@H]3CCC[C@@]3(C(=O)O)C2)cc1.Cl. The summed E-state index contributed by atoms with van der Waals surface area (Å²) in [6.45, 7) is 4.41. The highest BCUT2D eigenvalue weighted by Crippen LogP contribution is 2.49. The van der Waals surface area contributed by atoms with Crippen molar-refractivity contribution >= 4 is 35.8 Å². The van der Waals surface area contributed by atoms with E-state index in [1.54, 1.807) is 24.3 Å². The number of rotatable bonds is 5. The van der Waals surface area contributed by atoms with Crippen LogP contribution >= 0.6 is 12.4 Å². The van der Waals surface area contributed by atoms with Gasteiger partial charge in [0, 0.05) is 24.3 Å². The molecule has 0 aromatic heterocycles. The number of ketones is 1. The van der Waals surface area contributed by atoms with Gasteiger partial charge in [0.25, 0.3) is 0 Å². The number of nitrogens with zero attached hydrogens (tertiary/aromatic N) is 1. The van der Waals surface area contributed by atoms with Crippen molar-refractivity contribution in [3.63, 3.8) is 0 Å². The van der Waals surface area contributed by atoms with E-state index in [4.69, 9.17) is 0 Å². The Labute approximate surface area is 159 Å². The summed E-state index contributed by atoms with van der Waals surface area (Å²) in [5, 5.41) is 12.5. The molecule has 7 heteroatoms. The van der Waals surface area contributed by atoms with Crippen molar-refractivity contribution < 1.29 is 19.5 Å². The second-order valence-corrected chi connectivity index (χ2v) is 7.28. The van der Waals surface area contributed by atoms with Gasteiger partial charge in [-0.3, -0.25) is 19.3 Å². The van der Waals surface area contributed by atoms with Crippen molar-refractivity contribution in [1.82, 2.24) is 4.90 Å². The predicted octanol–water partition coefficient (Wildman–Crippen LogP) is 2.82. The van der Waals surface area contributed by atoms with Crippen LogP contribution in [0, 0.1) is 11.3 Å². The minimum Gasteiger partial charge on any atom is -0.481 e. The summed E-state index contributed by atoms with van der Waals surface area (Å²) in [5.74, 6) is -0.773. The van der Waals surface area contributed by atoms with Crippen molar-refractivity contribution in [1.29, 1.82) is 0 Å². The van der Waals surface area contributed by atoms with Crippen LogP contribution < -0.4 is 5.32 Å². The van der Waals surface area contributed by atoms with Gasteiger partial charge in [-0.2, -0.15) is 0 Å². The number of fused-ring (bicyclic) bond motifs is 1. The average Bonchev–Trinajstić information content (AvgIpc) is 3.12. The number of aliphatic carboxylic acids is 1. The number of hydrogen-bond donors (Lipinski definition) is 2. The first-order chi connectivity index (χ1) is 11.8. The predicted molar refractivity (Wildman–Crippen MR) is 101 cm³/mol. The van der Waals surface area contributed by atoms with Crippen LogP contribution in [-0.4, -0.2) is 46.8 Å². The molecule has 0 radical (unpaired) electrons. The van der Waals surface area contributed by atoms with E-state index in [1.165, 1.54) is 6.92 Å². The molecule has 0 spiro atoms. The highest BCUT2D eigenvalue weighted by atomic mass is 35.5. The Morgan fingerprint density at radius 2 is 1.92 bits per heavy atom. The number of carboxylic acids is 1. The fourth-order valence-electron chi connectivity index (χ4n) is 4.17. The lowest BCUT2D eigenvalue weighted by molar-refractivity contribution is -0.149. The van der Waals surface area contributed by atoms with Gasteiger partial charge in [-0.05, 0) is 56.9 Å². The lowest BCUT2D eigenvalue weighted by atomic mass is 9.81. The molecule has 3 rings (SSSR count). The Balaban J connectivity index is 0.00000243. The summed E-state index contributed by atoms with van der Waals surface area (Å²) in [5.41, 5.74) is 0.550. The normalized spacial score (nSPS) is 25.8. The second kappa shape index (κ2) is 7.76. The van der Waals surface area contributed by atoms with Crippen LogP contribution in [0.2, 0.25) is 0 Å². The number of amides is 1. The number of nitrogens with one attached hydrogen (secondary N) is 1. The molecule has 2 N–H and O–H groups in total. The van der Waals surface area contributed by atoms with Gasteiger partial charge in [0.05, 0.1) is 11.5 Å². The minimum absolute atomic E-state index is 0. The molecule has 1 aromatic rings. The van der Waals surface area contributed by atoms with Gasteiger partial charge in [-0.25, -0.2) is 0 Å². The number of carbonyl (C=O) groups is 3. The number of carbonyl (C=O) groups excluding carboxylic acids is 2. The highest BCUT2D eigenvalue weighted by Gasteiger charge is 2.55. The molecular formula is C19H25ClN2O4. The Morgan fingerprint density at radius 1 is 1.27 bits per heavy atom. The Bertz CT molecular complexity index is 706. The zero-order chi connectivity index (χ0) is 18.2. The smallest absolute Gasteiger partial charge is 0.311 e. The number of Topliss-reactive ketones (excluding diaryl/α,β-unsaturated/α-hetero) is 1. The van der Waals surface area contributed by atoms with E-state index in [-0.39, 0.29) is 30.0 Å². The maximum atomic E-state index is 12.5. The molecule has 142 valence electrons. The van der Waals surface area contributed by atoms with Crippen LogP contribution in [0.15, 0.2) is 24.3 Å². The van der Waals surface area contributed by atoms with E-state index in [0.29, 0.717) is 30.8 Å². The number of anilines is 1. The fourth-order valence-corrected chi connectivity index (χ4v) is 4.17. The van der Waals surface area contributed by atoms with Crippen molar-refractivity contribution in [3.8, 4) is 0 Å². The quantitative estimate of drug-likeness (QED) is 0.767. The van der Waals surface area contributed by atoms with Crippen LogP contribution in [0.25, 0.3) is 0 Å². The van der Waals surface area contributed by atoms with E-state index in [9.17, 15) is 19.5 Å². The molecule has 1 saturated heterocycles. The van der Waals surface area contributed by atoms with Crippen LogP contribution in [0.3, 0.4) is 0 Å². The van der Waals surface area contributed by atoms with E-state index >= 15 is 0 Å². The Morgan fingerprint density at radius 3 is 2.46 bits per heavy atom. The topological polar surface area (TPSA) is 86.7 Å². The highest BCUT2D eigenvalue weighted by molar-refractivity contribution is 5.97. The van der Waals surface area contributed by atoms with Gasteiger partial charge in [-0.15, -0.1) is 12.4 Å². The number of halogens is 1. The van der Waals surface area contributed by atoms with E-state index < -0.39 is 17.4 Å². The third-order valence-electron chi connectivity index (χ3n) is 5.81. The van der Waals surface area contributed by atoms with Crippen molar-refractivity contribution in [2.45, 2.75) is 39.2 Å². The number of carboxylic acid groups (broad SMARTS) is 1. The lowest BCUT2D eigenvalue weighted by Crippen LogP contribution is -2.43. The maximum absolute atomic E-state index is 12.5. The van der Waals surface area contributed by atoms with Gasteiger partial charge in [-0.1, -0.05) is 6.42 Å². The Kier molecular flexibility index (Phi) is 6.09. The fraction of sp³-hybridized carbons (Fsp3) is 0.526. The molecule has 6 nitrogen and oxygen atoms in total. The monoisotopic (exact) mass is 380 g/mol. The molecule has 1 unspecified atom stereocenters. The molecule has 1 aromatic carbocycles. The molecule has 0 bridgehead atoms. The first kappa shape index (κ1) is 20.4. The molecule has 1 heterocycles. The molecule has 1 aliphatic carbocycles. The number of hydrogen-bond acceptors (Lipinski definition) is 4. The van der Waals surface area contributed by atoms with E-state index in [0.717, 1.165) is 12.8 Å². The lowest BCUT2D eigenvalue weighted by Gasteiger charge is -2.26. The summed E-state index contributed by atoms with van der Waals surface area (Å²) < 4.78 is 0. The first-order valence-electron chi connectivity index (χ1n) is 8.73. The largest absolute Gasteiger partial charge is 0.481 e. The van der Waals surface area contributed by atoms with Crippen molar-refractivity contribution in [2.75, 3.05) is 18.4 Å². The van der Waals surface area contributed by atoms with Crippen LogP contribution in [-0.2, 0) is 9.59 Å².